The molecule has 11 aromatic rings. The van der Waals surface area contributed by atoms with Gasteiger partial charge in [-0.2, -0.15) is 0 Å². The lowest BCUT2D eigenvalue weighted by Crippen LogP contribution is -2.09. The first kappa shape index (κ1) is 33.1. The molecule has 57 heavy (non-hydrogen) atoms. The lowest BCUT2D eigenvalue weighted by atomic mass is 10.00. The summed E-state index contributed by atoms with van der Waals surface area (Å²) in [7, 11) is 0. The molecule has 0 amide bonds. The van der Waals surface area contributed by atoms with Crippen LogP contribution in [0.15, 0.2) is 185 Å². The van der Waals surface area contributed by atoms with Crippen molar-refractivity contribution in [1.82, 2.24) is 0 Å². The predicted molar refractivity (Wildman–Crippen MR) is 240 cm³/mol. The van der Waals surface area contributed by atoms with Crippen LogP contribution in [0.5, 0.6) is 0 Å². The summed E-state index contributed by atoms with van der Waals surface area (Å²) in [4.78, 5) is 4.62. The molecular weight excluding hydrogens is 697 g/mol. The normalized spacial score (nSPS) is 11.8. The molecule has 0 unspecified atom stereocenters. The molecule has 0 aliphatic heterocycles. The van der Waals surface area contributed by atoms with Crippen molar-refractivity contribution in [3.05, 3.63) is 193 Å². The van der Waals surface area contributed by atoms with Crippen LogP contribution in [0.25, 0.3) is 65.4 Å². The Morgan fingerprint density at radius 2 is 0.825 bits per heavy atom. The van der Waals surface area contributed by atoms with Gasteiger partial charge in [-0.15, -0.1) is 0 Å². The monoisotopic (exact) mass is 734 g/mol. The number of para-hydroxylation sites is 2. The molecule has 0 aliphatic carbocycles. The zero-order chi connectivity index (χ0) is 38.2. The van der Waals surface area contributed by atoms with Gasteiger partial charge in [-0.3, -0.25) is 0 Å². The first-order valence-electron chi connectivity index (χ1n) is 19.5. The van der Waals surface area contributed by atoms with Crippen LogP contribution < -0.4 is 9.80 Å². The topological polar surface area (TPSA) is 32.8 Å². The lowest BCUT2D eigenvalue weighted by Gasteiger charge is -2.26. The van der Waals surface area contributed by atoms with Crippen molar-refractivity contribution < 1.29 is 8.83 Å². The second kappa shape index (κ2) is 12.9. The number of fused-ring (bicyclic) bond motifs is 8. The quantitative estimate of drug-likeness (QED) is 0.170. The van der Waals surface area contributed by atoms with E-state index in [0.29, 0.717) is 0 Å². The van der Waals surface area contributed by atoms with Crippen LogP contribution in [-0.4, -0.2) is 0 Å². The van der Waals surface area contributed by atoms with Crippen molar-refractivity contribution in [1.29, 1.82) is 0 Å². The Balaban J connectivity index is 1.03. The van der Waals surface area contributed by atoms with E-state index in [4.69, 9.17) is 8.83 Å². The van der Waals surface area contributed by atoms with Gasteiger partial charge >= 0.3 is 0 Å². The van der Waals surface area contributed by atoms with Gasteiger partial charge in [0.1, 0.15) is 22.3 Å². The molecule has 0 saturated heterocycles. The van der Waals surface area contributed by atoms with Crippen LogP contribution in [0, 0.1) is 20.8 Å². The Labute approximate surface area is 330 Å². The Hall–Kier alpha value is -7.30. The summed E-state index contributed by atoms with van der Waals surface area (Å²) in [6, 6.07) is 62.9. The van der Waals surface area contributed by atoms with Gasteiger partial charge in [-0.1, -0.05) is 72.8 Å². The number of nitrogens with zero attached hydrogens (tertiary/aromatic N) is 2. The smallest absolute Gasteiger partial charge is 0.139 e. The van der Waals surface area contributed by atoms with Gasteiger partial charge in [0, 0.05) is 61.2 Å². The van der Waals surface area contributed by atoms with Crippen LogP contribution in [0.2, 0.25) is 0 Å². The number of hydrogen-bond donors (Lipinski definition) is 0. The van der Waals surface area contributed by atoms with Gasteiger partial charge in [0.25, 0.3) is 0 Å². The number of rotatable bonds is 6. The van der Waals surface area contributed by atoms with E-state index in [9.17, 15) is 0 Å². The van der Waals surface area contributed by atoms with Crippen LogP contribution in [-0.2, 0) is 0 Å². The zero-order valence-corrected chi connectivity index (χ0v) is 32.0. The van der Waals surface area contributed by atoms with Crippen LogP contribution in [0.4, 0.5) is 34.1 Å². The average molecular weight is 735 g/mol. The van der Waals surface area contributed by atoms with Crippen LogP contribution in [0.1, 0.15) is 16.7 Å². The molecule has 0 radical (unpaired) electrons. The first-order chi connectivity index (χ1) is 27.9. The molecular formula is C53H38N2O2. The lowest BCUT2D eigenvalue weighted by molar-refractivity contribution is 0.662. The van der Waals surface area contributed by atoms with Gasteiger partial charge in [-0.05, 0) is 157 Å². The molecule has 4 heteroatoms. The standard InChI is InChI=1S/C53H38N2O2/c1-33-12-10-18-42(24-33)54(40-14-6-4-7-15-40)44-22-20-36-28-46-47-32-51-52(35(3)53(47)57-49(46)30-38(36)26-44)48-29-37-21-23-45(27-39(37)31-50(48)56-51)55(41-16-8-5-9-17-41)43-19-11-13-34(2)25-43/h4-32H,1-3H3. The summed E-state index contributed by atoms with van der Waals surface area (Å²) in [5.74, 6) is 0. The van der Waals surface area contributed by atoms with Crippen molar-refractivity contribution in [3.8, 4) is 0 Å². The summed E-state index contributed by atoms with van der Waals surface area (Å²) in [5, 5.41) is 8.90. The third-order valence-corrected chi connectivity index (χ3v) is 11.4. The van der Waals surface area contributed by atoms with Gasteiger partial charge in [0.05, 0.1) is 0 Å². The fraction of sp³-hybridized carbons (Fsp3) is 0.0566. The van der Waals surface area contributed by atoms with Crippen molar-refractivity contribution in [2.45, 2.75) is 20.8 Å². The Bertz CT molecular complexity index is 3230. The number of benzene rings is 9. The highest BCUT2D eigenvalue weighted by atomic mass is 16.3. The maximum atomic E-state index is 6.76. The largest absolute Gasteiger partial charge is 0.456 e. The highest BCUT2D eigenvalue weighted by Gasteiger charge is 2.20. The second-order valence-electron chi connectivity index (χ2n) is 15.2. The average Bonchev–Trinajstić information content (AvgIpc) is 3.77. The van der Waals surface area contributed by atoms with Crippen molar-refractivity contribution in [3.63, 3.8) is 0 Å². The highest BCUT2D eigenvalue weighted by Crippen LogP contribution is 2.44. The SMILES string of the molecule is Cc1cccc(N(c2ccccc2)c2ccc3cc4c(cc3c2)oc2c(C)c3c(cc24)oc2cc4cc(N(c5ccccc5)c5cccc(C)c5)ccc4cc23)c1. The van der Waals surface area contributed by atoms with Crippen LogP contribution >= 0.6 is 0 Å². The molecule has 9 aromatic carbocycles. The summed E-state index contributed by atoms with van der Waals surface area (Å²) >= 11 is 0. The fourth-order valence-electron chi connectivity index (χ4n) is 8.71. The van der Waals surface area contributed by atoms with Gasteiger partial charge in [0.15, 0.2) is 0 Å². The Morgan fingerprint density at radius 1 is 0.333 bits per heavy atom. The van der Waals surface area contributed by atoms with Crippen molar-refractivity contribution >= 4 is 99.5 Å². The van der Waals surface area contributed by atoms with Gasteiger partial charge in [0.2, 0.25) is 0 Å². The van der Waals surface area contributed by atoms with E-state index in [1.54, 1.807) is 0 Å². The molecule has 11 rings (SSSR count). The van der Waals surface area contributed by atoms with E-state index in [1.807, 2.05) is 0 Å². The zero-order valence-electron chi connectivity index (χ0n) is 32.0. The van der Waals surface area contributed by atoms with Gasteiger partial charge in [-0.25, -0.2) is 0 Å². The van der Waals surface area contributed by atoms with Crippen LogP contribution in [0.3, 0.4) is 0 Å². The molecule has 0 fully saturated rings. The van der Waals surface area contributed by atoms with Gasteiger partial charge < -0.3 is 18.6 Å². The molecule has 0 spiro atoms. The third-order valence-electron chi connectivity index (χ3n) is 11.4. The number of hydrogen-bond acceptors (Lipinski definition) is 4. The minimum atomic E-state index is 0.867. The molecule has 0 N–H and O–H groups in total. The van der Waals surface area contributed by atoms with E-state index >= 15 is 0 Å². The molecule has 4 nitrogen and oxygen atoms in total. The third kappa shape index (κ3) is 5.52. The predicted octanol–water partition coefficient (Wildman–Crippen LogP) is 15.7. The molecule has 0 saturated carbocycles. The minimum absolute atomic E-state index is 0.867. The molecule has 0 bridgehead atoms. The maximum Gasteiger partial charge on any atom is 0.139 e. The molecule has 2 aromatic heterocycles. The number of anilines is 6. The Morgan fingerprint density at radius 3 is 1.37 bits per heavy atom. The summed E-state index contributed by atoms with van der Waals surface area (Å²) < 4.78 is 13.5. The molecule has 0 atom stereocenters. The van der Waals surface area contributed by atoms with E-state index < -0.39 is 0 Å². The summed E-state index contributed by atoms with van der Waals surface area (Å²) in [5.41, 5.74) is 13.7. The molecule has 272 valence electrons. The first-order valence-corrected chi connectivity index (χ1v) is 19.5. The highest BCUT2D eigenvalue weighted by molar-refractivity contribution is 6.20. The Kier molecular flexibility index (Phi) is 7.48. The molecule has 0 aliphatic rings. The summed E-state index contributed by atoms with van der Waals surface area (Å²) in [6.07, 6.45) is 0. The van der Waals surface area contributed by atoms with Crippen molar-refractivity contribution in [2.75, 3.05) is 9.80 Å². The minimum Gasteiger partial charge on any atom is -0.456 e. The van der Waals surface area contributed by atoms with E-state index in [0.717, 1.165) is 105 Å². The number of aryl methyl sites for hydroxylation is 3. The van der Waals surface area contributed by atoms with E-state index in [2.05, 4.69) is 206 Å². The van der Waals surface area contributed by atoms with E-state index in [-0.39, 0.29) is 0 Å². The van der Waals surface area contributed by atoms with E-state index in [1.165, 1.54) is 11.1 Å². The second-order valence-corrected chi connectivity index (χ2v) is 15.2. The maximum absolute atomic E-state index is 6.76. The van der Waals surface area contributed by atoms with Crippen molar-refractivity contribution in [2.24, 2.45) is 0 Å². The number of furan rings is 2. The fourth-order valence-corrected chi connectivity index (χ4v) is 8.71. The molecule has 2 heterocycles. The summed E-state index contributed by atoms with van der Waals surface area (Å²) in [6.45, 7) is 6.43.